The fraction of sp³-hybridized carbons (Fsp3) is 0.708. The van der Waals surface area contributed by atoms with Crippen LogP contribution in [0.2, 0.25) is 0 Å². The van der Waals surface area contributed by atoms with Gasteiger partial charge in [0.1, 0.15) is 0 Å². The summed E-state index contributed by atoms with van der Waals surface area (Å²) in [7, 11) is 1.83. The molecule has 0 saturated heterocycles. The van der Waals surface area contributed by atoms with Gasteiger partial charge in [-0.15, -0.1) is 0 Å². The van der Waals surface area contributed by atoms with E-state index in [1.165, 1.54) is 24.8 Å². The van der Waals surface area contributed by atoms with E-state index in [0.29, 0.717) is 0 Å². The van der Waals surface area contributed by atoms with E-state index in [1.54, 1.807) is 6.92 Å². The summed E-state index contributed by atoms with van der Waals surface area (Å²) in [6, 6.07) is 8.01. The van der Waals surface area contributed by atoms with Gasteiger partial charge >= 0.3 is 0 Å². The van der Waals surface area contributed by atoms with Crippen LogP contribution in [-0.4, -0.2) is 12.8 Å². The van der Waals surface area contributed by atoms with Crippen molar-refractivity contribution in [2.75, 3.05) is 7.05 Å². The van der Waals surface area contributed by atoms with Crippen LogP contribution in [-0.2, 0) is 11.2 Å². The van der Waals surface area contributed by atoms with Gasteiger partial charge in [-0.25, -0.2) is 0 Å². The Morgan fingerprint density at radius 1 is 1.12 bits per heavy atom. The van der Waals surface area contributed by atoms with Crippen molar-refractivity contribution in [2.45, 2.75) is 94.0 Å². The van der Waals surface area contributed by atoms with Gasteiger partial charge in [-0.05, 0) is 42.9 Å². The molecule has 0 saturated carbocycles. The largest absolute Gasteiger partial charge is 0.307 e. The molecule has 26 heavy (non-hydrogen) atoms. The molecule has 0 bridgehead atoms. The number of hydrogen-bond acceptors (Lipinski definition) is 2. The first-order chi connectivity index (χ1) is 12.1. The number of likely N-dealkylation sites (N-methyl/N-ethyl adjacent to an activating group) is 1. The minimum atomic E-state index is -0.187. The van der Waals surface area contributed by atoms with Crippen LogP contribution in [0.25, 0.3) is 0 Å². The minimum Gasteiger partial charge on any atom is -0.307 e. The maximum atomic E-state index is 11.6. The third-order valence-corrected chi connectivity index (χ3v) is 3.92. The van der Waals surface area contributed by atoms with Gasteiger partial charge in [-0.2, -0.15) is 0 Å². The maximum Gasteiger partial charge on any atom is 0.151 e. The smallest absolute Gasteiger partial charge is 0.151 e. The molecular weight excluding hydrogens is 318 g/mol. The number of ketones is 1. The maximum absolute atomic E-state index is 11.6. The zero-order valence-electron chi connectivity index (χ0n) is 19.2. The van der Waals surface area contributed by atoms with Crippen LogP contribution in [0.15, 0.2) is 24.3 Å². The number of Topliss-reactive ketones (excluding diaryl/α,β-unsaturated/α-hetero) is 1. The molecule has 152 valence electrons. The Kier molecular flexibility index (Phi) is 15.6. The highest BCUT2D eigenvalue weighted by Crippen LogP contribution is 2.26. The van der Waals surface area contributed by atoms with E-state index in [1.807, 2.05) is 39.1 Å². The van der Waals surface area contributed by atoms with Gasteiger partial charge in [0.25, 0.3) is 0 Å². The van der Waals surface area contributed by atoms with E-state index in [9.17, 15) is 4.79 Å². The highest BCUT2D eigenvalue weighted by molar-refractivity contribution is 5.83. The minimum absolute atomic E-state index is 0.161. The lowest BCUT2D eigenvalue weighted by Gasteiger charge is -2.23. The Morgan fingerprint density at radius 3 is 2.00 bits per heavy atom. The average molecular weight is 364 g/mol. The molecule has 0 spiro atoms. The molecule has 0 aliphatic carbocycles. The van der Waals surface area contributed by atoms with Crippen LogP contribution in [0.3, 0.4) is 0 Å². The first-order valence-electron chi connectivity index (χ1n) is 10.4. The average Bonchev–Trinajstić information content (AvgIpc) is 2.56. The second-order valence-corrected chi connectivity index (χ2v) is 8.30. The third kappa shape index (κ3) is 13.1. The van der Waals surface area contributed by atoms with Crippen molar-refractivity contribution in [1.82, 2.24) is 5.32 Å². The molecule has 1 rings (SSSR count). The summed E-state index contributed by atoms with van der Waals surface area (Å²) in [5, 5.41) is 3.09. The van der Waals surface area contributed by atoms with Crippen LogP contribution >= 0.6 is 0 Å². The van der Waals surface area contributed by atoms with Gasteiger partial charge < -0.3 is 5.32 Å². The second kappa shape index (κ2) is 15.0. The molecule has 1 aromatic carbocycles. The van der Waals surface area contributed by atoms with Crippen molar-refractivity contribution in [1.29, 1.82) is 0 Å². The van der Waals surface area contributed by atoms with Gasteiger partial charge in [0.2, 0.25) is 0 Å². The number of nitrogens with one attached hydrogen (secondary N) is 1. The third-order valence-electron chi connectivity index (χ3n) is 3.92. The summed E-state index contributed by atoms with van der Waals surface area (Å²) in [4.78, 5) is 11.6. The summed E-state index contributed by atoms with van der Waals surface area (Å²) in [5.74, 6) is 1.06. The zero-order valence-corrected chi connectivity index (χ0v) is 19.2. The molecule has 1 aromatic rings. The van der Waals surface area contributed by atoms with Crippen molar-refractivity contribution in [3.05, 3.63) is 35.4 Å². The fourth-order valence-corrected chi connectivity index (χ4v) is 2.74. The first-order valence-corrected chi connectivity index (χ1v) is 10.4. The Balaban J connectivity index is 0. The van der Waals surface area contributed by atoms with Crippen molar-refractivity contribution < 1.29 is 4.79 Å². The number of rotatable bonds is 7. The van der Waals surface area contributed by atoms with E-state index >= 15 is 0 Å². The topological polar surface area (TPSA) is 29.1 Å². The summed E-state index contributed by atoms with van der Waals surface area (Å²) in [6.07, 6.45) is 5.13. The lowest BCUT2D eigenvalue weighted by Crippen LogP contribution is -2.25. The molecule has 0 fully saturated rings. The fourth-order valence-electron chi connectivity index (χ4n) is 2.74. The molecule has 0 heterocycles. The SMILES string of the molecule is CC.CCCCC(C)C.CNC(C(C)=O)c1ccccc1CC(C)(C)C. The van der Waals surface area contributed by atoms with Crippen molar-refractivity contribution >= 4 is 5.78 Å². The van der Waals surface area contributed by atoms with Crippen LogP contribution in [0.4, 0.5) is 0 Å². The number of benzene rings is 1. The summed E-state index contributed by atoms with van der Waals surface area (Å²) >= 11 is 0. The van der Waals surface area contributed by atoms with Crippen LogP contribution < -0.4 is 5.32 Å². The van der Waals surface area contributed by atoms with E-state index in [2.05, 4.69) is 52.9 Å². The predicted octanol–water partition coefficient (Wildman–Crippen LogP) is 6.98. The van der Waals surface area contributed by atoms with Gasteiger partial charge in [0, 0.05) is 0 Å². The monoisotopic (exact) mass is 363 g/mol. The molecule has 0 aliphatic rings. The van der Waals surface area contributed by atoms with Crippen LogP contribution in [0, 0.1) is 11.3 Å². The number of carbonyl (C=O) groups excluding carboxylic acids is 1. The normalized spacial score (nSPS) is 11.8. The van der Waals surface area contributed by atoms with E-state index < -0.39 is 0 Å². The van der Waals surface area contributed by atoms with Gasteiger partial charge in [-0.1, -0.05) is 98.9 Å². The standard InChI is InChI=1S/C15H23NO.C7H16.C2H6/c1-11(17)14(16-5)13-9-7-6-8-12(13)10-15(2,3)4;1-4-5-6-7(2)3;1-2/h6-9,14,16H,10H2,1-5H3;7H,4-6H2,1-3H3;1-2H3. The summed E-state index contributed by atoms with van der Waals surface area (Å²) in [5.41, 5.74) is 2.59. The van der Waals surface area contributed by atoms with Crippen molar-refractivity contribution in [2.24, 2.45) is 11.3 Å². The quantitative estimate of drug-likeness (QED) is 0.566. The first kappa shape index (κ1) is 27.1. The number of hydrogen-bond donors (Lipinski definition) is 1. The Morgan fingerprint density at radius 2 is 1.65 bits per heavy atom. The Hall–Kier alpha value is -1.15. The van der Waals surface area contributed by atoms with Gasteiger partial charge in [0.15, 0.2) is 5.78 Å². The number of unbranched alkanes of at least 4 members (excludes halogenated alkanes) is 1. The zero-order chi connectivity index (χ0) is 20.8. The Bertz CT molecular complexity index is 471. The molecule has 2 nitrogen and oxygen atoms in total. The molecule has 2 heteroatoms. The van der Waals surface area contributed by atoms with E-state index in [4.69, 9.17) is 0 Å². The van der Waals surface area contributed by atoms with Gasteiger partial charge in [0.05, 0.1) is 6.04 Å². The van der Waals surface area contributed by atoms with E-state index in [0.717, 1.165) is 17.9 Å². The van der Waals surface area contributed by atoms with Crippen LogP contribution in [0.1, 0.15) is 98.7 Å². The molecule has 0 aromatic heterocycles. The summed E-state index contributed by atoms with van der Waals surface area (Å²) in [6.45, 7) is 19.1. The molecule has 0 radical (unpaired) electrons. The lowest BCUT2D eigenvalue weighted by atomic mass is 9.84. The Labute approximate surface area is 164 Å². The molecule has 0 aliphatic heterocycles. The summed E-state index contributed by atoms with van der Waals surface area (Å²) < 4.78 is 0. The lowest BCUT2D eigenvalue weighted by molar-refractivity contribution is -0.119. The molecule has 1 N–H and O–H groups in total. The number of carbonyl (C=O) groups is 1. The molecule has 1 atom stereocenters. The van der Waals surface area contributed by atoms with Gasteiger partial charge in [-0.3, -0.25) is 4.79 Å². The highest BCUT2D eigenvalue weighted by Gasteiger charge is 2.20. The van der Waals surface area contributed by atoms with Crippen molar-refractivity contribution in [3.8, 4) is 0 Å². The molecular formula is C24H45NO. The van der Waals surface area contributed by atoms with E-state index in [-0.39, 0.29) is 17.2 Å². The molecule has 0 amide bonds. The second-order valence-electron chi connectivity index (χ2n) is 8.30. The highest BCUT2D eigenvalue weighted by atomic mass is 16.1. The van der Waals surface area contributed by atoms with Crippen LogP contribution in [0.5, 0.6) is 0 Å². The van der Waals surface area contributed by atoms with Crippen molar-refractivity contribution in [3.63, 3.8) is 0 Å². The molecule has 1 unspecified atom stereocenters. The predicted molar refractivity (Wildman–Crippen MR) is 118 cm³/mol.